The zero-order valence-corrected chi connectivity index (χ0v) is 23.3. The Bertz CT molecular complexity index is 449. The van der Waals surface area contributed by atoms with Crippen molar-refractivity contribution in [2.45, 2.75) is 118 Å². The number of hydrogen-bond acceptors (Lipinski definition) is 5. The predicted octanol–water partition coefficient (Wildman–Crippen LogP) is 6.19. The van der Waals surface area contributed by atoms with Gasteiger partial charge in [-0.05, 0) is 50.1 Å². The minimum atomic E-state index is -1.85. The van der Waals surface area contributed by atoms with Crippen LogP contribution in [0.2, 0.25) is 36.3 Å². The van der Waals surface area contributed by atoms with E-state index < -0.39 is 22.7 Å². The molecule has 7 heteroatoms. The van der Waals surface area contributed by atoms with Crippen LogP contribution < -0.4 is 0 Å². The molecule has 0 fully saturated rings. The molecule has 2 atom stereocenters. The molecule has 0 aliphatic carbocycles. The first-order valence-electron chi connectivity index (χ1n) is 10.2. The van der Waals surface area contributed by atoms with Crippen molar-refractivity contribution in [2.24, 2.45) is 0 Å². The van der Waals surface area contributed by atoms with E-state index in [-0.39, 0.29) is 22.1 Å². The number of aldehydes is 1. The van der Waals surface area contributed by atoms with Gasteiger partial charge in [-0.25, -0.2) is 4.79 Å². The molecule has 0 aliphatic heterocycles. The molecule has 0 aromatic heterocycles. The number of methoxy groups -OCH3 is 1. The first kappa shape index (κ1) is 32.2. The van der Waals surface area contributed by atoms with Crippen LogP contribution in [0.1, 0.15) is 69.2 Å². The fourth-order valence-electron chi connectivity index (χ4n) is 1.50. The van der Waals surface area contributed by atoms with Crippen molar-refractivity contribution in [2.75, 3.05) is 7.11 Å². The van der Waals surface area contributed by atoms with Crippen molar-refractivity contribution in [3.8, 4) is 0 Å². The van der Waals surface area contributed by atoms with Crippen molar-refractivity contribution in [3.05, 3.63) is 0 Å². The van der Waals surface area contributed by atoms with E-state index in [1.807, 2.05) is 13.8 Å². The van der Waals surface area contributed by atoms with Crippen LogP contribution in [0.15, 0.2) is 0 Å². The molecule has 0 radical (unpaired) electrons. The van der Waals surface area contributed by atoms with Crippen LogP contribution in [0.4, 0.5) is 0 Å². The van der Waals surface area contributed by atoms with Crippen LogP contribution in [0.25, 0.3) is 0 Å². The highest BCUT2D eigenvalue weighted by atomic mass is 28.4. The van der Waals surface area contributed by atoms with Gasteiger partial charge in [0.1, 0.15) is 12.4 Å². The summed E-state index contributed by atoms with van der Waals surface area (Å²) in [5, 5.41) is 0.305. The van der Waals surface area contributed by atoms with E-state index in [0.29, 0.717) is 0 Å². The lowest BCUT2D eigenvalue weighted by molar-refractivity contribution is -0.148. The van der Waals surface area contributed by atoms with Crippen LogP contribution in [0.5, 0.6) is 0 Å². The molecule has 170 valence electrons. The average molecular weight is 437 g/mol. The fourth-order valence-corrected chi connectivity index (χ4v) is 4.17. The van der Waals surface area contributed by atoms with Gasteiger partial charge >= 0.3 is 5.97 Å². The van der Waals surface area contributed by atoms with E-state index in [9.17, 15) is 9.59 Å². The molecule has 0 heterocycles. The lowest BCUT2D eigenvalue weighted by atomic mass is 10.2. The highest BCUT2D eigenvalue weighted by Gasteiger charge is 2.40. The minimum absolute atomic E-state index is 0.120. The van der Waals surface area contributed by atoms with Gasteiger partial charge in [-0.1, -0.05) is 55.4 Å². The summed E-state index contributed by atoms with van der Waals surface area (Å²) in [5.41, 5.74) is 0. The topological polar surface area (TPSA) is 61.8 Å². The molecule has 0 aliphatic rings. The van der Waals surface area contributed by atoms with Crippen molar-refractivity contribution < 1.29 is 23.2 Å². The molecule has 0 rings (SSSR count). The van der Waals surface area contributed by atoms with E-state index in [4.69, 9.17) is 8.85 Å². The van der Waals surface area contributed by atoms with Crippen LogP contribution in [0, 0.1) is 0 Å². The third-order valence-corrected chi connectivity index (χ3v) is 14.4. The summed E-state index contributed by atoms with van der Waals surface area (Å²) in [6, 6.07) is 0. The van der Waals surface area contributed by atoms with Gasteiger partial charge in [-0.3, -0.25) is 0 Å². The normalized spacial score (nSPS) is 14.5. The molecule has 0 saturated heterocycles. The molecular formula is C21H48O5Si2. The van der Waals surface area contributed by atoms with E-state index >= 15 is 0 Å². The maximum absolute atomic E-state index is 11.2. The predicted molar refractivity (Wildman–Crippen MR) is 125 cm³/mol. The summed E-state index contributed by atoms with van der Waals surface area (Å²) < 4.78 is 16.2. The van der Waals surface area contributed by atoms with Gasteiger partial charge in [-0.15, -0.1) is 0 Å². The lowest BCUT2D eigenvalue weighted by Crippen LogP contribution is -2.45. The van der Waals surface area contributed by atoms with Gasteiger partial charge in [0.15, 0.2) is 16.6 Å². The quantitative estimate of drug-likeness (QED) is 0.282. The van der Waals surface area contributed by atoms with Gasteiger partial charge in [0.2, 0.25) is 0 Å². The number of carbonyl (C=O) groups excluding carboxylic acids is 2. The van der Waals surface area contributed by atoms with Gasteiger partial charge < -0.3 is 18.4 Å². The molecule has 0 aromatic carbocycles. The summed E-state index contributed by atoms with van der Waals surface area (Å²) in [5.74, 6) is -0.296. The molecular weight excluding hydrogens is 388 g/mol. The van der Waals surface area contributed by atoms with Gasteiger partial charge in [0, 0.05) is 0 Å². The third kappa shape index (κ3) is 12.1. The van der Waals surface area contributed by atoms with Crippen molar-refractivity contribution in [3.63, 3.8) is 0 Å². The maximum atomic E-state index is 11.2. The van der Waals surface area contributed by atoms with Crippen LogP contribution >= 0.6 is 0 Å². The second kappa shape index (κ2) is 12.9. The van der Waals surface area contributed by atoms with Crippen LogP contribution in [-0.4, -0.2) is 48.2 Å². The van der Waals surface area contributed by atoms with Crippen LogP contribution in [0.3, 0.4) is 0 Å². The first-order valence-corrected chi connectivity index (χ1v) is 16.0. The number of hydrogen-bond donors (Lipinski definition) is 0. The number of rotatable bonds is 6. The molecule has 5 nitrogen and oxygen atoms in total. The summed E-state index contributed by atoms with van der Waals surface area (Å²) in [6.07, 6.45) is 0.146. The molecule has 0 amide bonds. The number of carbonyl (C=O) groups is 2. The highest BCUT2D eigenvalue weighted by molar-refractivity contribution is 6.74. The van der Waals surface area contributed by atoms with Crippen molar-refractivity contribution in [1.82, 2.24) is 0 Å². The number of esters is 1. The summed E-state index contributed by atoms with van der Waals surface area (Å²) in [7, 11) is -2.19. The second-order valence-corrected chi connectivity index (χ2v) is 19.3. The Morgan fingerprint density at radius 2 is 1.14 bits per heavy atom. The van der Waals surface area contributed by atoms with Gasteiger partial charge in [0.25, 0.3) is 0 Å². The molecule has 0 N–H and O–H groups in total. The summed E-state index contributed by atoms with van der Waals surface area (Å²) in [6.45, 7) is 29.0. The average Bonchev–Trinajstić information content (AvgIpc) is 2.53. The smallest absolute Gasteiger partial charge is 0.333 e. The van der Waals surface area contributed by atoms with Gasteiger partial charge in [0.05, 0.1) is 13.2 Å². The molecule has 0 saturated carbocycles. The monoisotopic (exact) mass is 436 g/mol. The summed E-state index contributed by atoms with van der Waals surface area (Å²) in [4.78, 5) is 21.6. The zero-order chi connectivity index (χ0) is 23.6. The minimum Gasteiger partial charge on any atom is -0.467 e. The highest BCUT2D eigenvalue weighted by Crippen LogP contribution is 2.38. The fraction of sp³-hybridized carbons (Fsp3) is 0.905. The van der Waals surface area contributed by atoms with Crippen molar-refractivity contribution in [1.29, 1.82) is 0 Å². The Kier molecular flexibility index (Phi) is 14.9. The van der Waals surface area contributed by atoms with Crippen LogP contribution in [-0.2, 0) is 23.2 Å². The molecule has 28 heavy (non-hydrogen) atoms. The van der Waals surface area contributed by atoms with Gasteiger partial charge in [-0.2, -0.15) is 0 Å². The Labute approximate surface area is 177 Å². The van der Waals surface area contributed by atoms with E-state index in [2.05, 4.69) is 72.5 Å². The maximum Gasteiger partial charge on any atom is 0.333 e. The molecule has 0 bridgehead atoms. The standard InChI is InChI=1S/C10H22O3Si.C9H20O2Si.C2H6/c1-8(9(11)12-5)13-14(6,7)10(2,3)4;1-8(7-10)11-12(5,6)9(2,3)4;1-2/h8H,1-7H3;7-8H,1-6H3;1-2H3/t2*8-;/m11./s1. The van der Waals surface area contributed by atoms with E-state index in [1.54, 1.807) is 13.8 Å². The SMILES string of the molecule is CC.COC(=O)[C@@H](C)O[Si](C)(C)C(C)(C)C.C[C@H](C=O)O[Si](C)(C)C(C)(C)C. The molecule has 0 aromatic rings. The zero-order valence-electron chi connectivity index (χ0n) is 21.3. The Morgan fingerprint density at radius 3 is 1.39 bits per heavy atom. The lowest BCUT2D eigenvalue weighted by Gasteiger charge is -2.37. The second-order valence-electron chi connectivity index (χ2n) is 9.76. The Morgan fingerprint density at radius 1 is 0.821 bits per heavy atom. The third-order valence-electron chi connectivity index (χ3n) is 5.29. The van der Waals surface area contributed by atoms with Crippen molar-refractivity contribution >= 4 is 28.9 Å². The number of ether oxygens (including phenoxy) is 1. The molecule has 0 spiro atoms. The Balaban J connectivity index is -0.000000414. The largest absolute Gasteiger partial charge is 0.467 e. The van der Waals surface area contributed by atoms with E-state index in [0.717, 1.165) is 6.29 Å². The Hall–Kier alpha value is -0.506. The first-order chi connectivity index (χ1) is 12.3. The molecule has 0 unspecified atom stereocenters. The van der Waals surface area contributed by atoms with E-state index in [1.165, 1.54) is 7.11 Å². The summed E-state index contributed by atoms with van der Waals surface area (Å²) >= 11 is 0.